The van der Waals surface area contributed by atoms with Crippen LogP contribution in [0.4, 0.5) is 0 Å². The average molecular weight is 1170 g/mol. The molecular weight excluding hydrogens is 1100 g/mol. The number of carbonyl (C=O) groups excluding carboxylic acids is 10. The lowest BCUT2D eigenvalue weighted by Gasteiger charge is -2.40. The van der Waals surface area contributed by atoms with Gasteiger partial charge in [0.2, 0.25) is 35.4 Å². The van der Waals surface area contributed by atoms with Crippen LogP contribution >= 0.6 is 11.8 Å². The second kappa shape index (κ2) is 27.4. The maximum Gasteiger partial charge on any atom is 0.329 e. The number of amides is 8. The maximum absolute atomic E-state index is 15.5. The van der Waals surface area contributed by atoms with Crippen molar-refractivity contribution >= 4 is 104 Å². The molecule has 2 aliphatic rings. The van der Waals surface area contributed by atoms with Crippen LogP contribution in [0.5, 0.6) is 0 Å². The highest BCUT2D eigenvalue weighted by Gasteiger charge is 2.48. The molecule has 2 fully saturated rings. The van der Waals surface area contributed by atoms with Crippen molar-refractivity contribution in [2.24, 2.45) is 23.7 Å². The number of esters is 2. The molecule has 6 rings (SSSR count). The second-order valence-corrected chi connectivity index (χ2v) is 24.1. The molecule has 82 heavy (non-hydrogen) atoms. The van der Waals surface area contributed by atoms with E-state index in [0.29, 0.717) is 22.1 Å². The molecule has 2 saturated heterocycles. The van der Waals surface area contributed by atoms with Crippen LogP contribution < -0.4 is 21.3 Å². The number of thioether (sulfide) groups is 1. The highest BCUT2D eigenvalue weighted by atomic mass is 32.2. The first-order chi connectivity index (χ1) is 38.7. The van der Waals surface area contributed by atoms with Gasteiger partial charge in [0.25, 0.3) is 11.8 Å². The largest absolute Gasteiger partial charge is 0.461 e. The van der Waals surface area contributed by atoms with Gasteiger partial charge in [-0.15, -0.1) is 11.8 Å². The first kappa shape index (κ1) is 63.5. The van der Waals surface area contributed by atoms with Gasteiger partial charge in [-0.1, -0.05) is 65.8 Å². The summed E-state index contributed by atoms with van der Waals surface area (Å²) in [5.74, 6) is -12.5. The normalized spacial score (nSPS) is 26.3. The zero-order valence-electron chi connectivity index (χ0n) is 48.1. The number of carbonyl (C=O) groups is 10. The highest BCUT2D eigenvalue weighted by molar-refractivity contribution is 8.11. The Morgan fingerprint density at radius 1 is 0.598 bits per heavy atom. The fourth-order valence-electron chi connectivity index (χ4n) is 9.46. The van der Waals surface area contributed by atoms with Crippen molar-refractivity contribution in [3.05, 3.63) is 72.3 Å². The molecule has 4 heterocycles. The van der Waals surface area contributed by atoms with Gasteiger partial charge >= 0.3 is 11.9 Å². The number of fused-ring (bicyclic) bond motifs is 6. The third-order valence-corrected chi connectivity index (χ3v) is 18.5. The molecule has 4 aromatic rings. The Kier molecular flexibility index (Phi) is 21.2. The third kappa shape index (κ3) is 14.3. The van der Waals surface area contributed by atoms with Gasteiger partial charge in [0.15, 0.2) is 0 Å². The fraction of sp³-hybridized carbons (Fsp3) is 0.527. The van der Waals surface area contributed by atoms with E-state index in [9.17, 15) is 38.4 Å². The van der Waals surface area contributed by atoms with Gasteiger partial charge in [0.05, 0.1) is 40.2 Å². The lowest BCUT2D eigenvalue weighted by molar-refractivity contribution is -0.161. The quantitative estimate of drug-likeness (QED) is 0.169. The molecule has 25 nitrogen and oxygen atoms in total. The summed E-state index contributed by atoms with van der Waals surface area (Å²) in [4.78, 5) is 168. The number of benzene rings is 2. The lowest BCUT2D eigenvalue weighted by atomic mass is 9.89. The molecule has 442 valence electrons. The second-order valence-electron chi connectivity index (χ2n) is 21.3. The van der Waals surface area contributed by atoms with Crippen molar-refractivity contribution in [1.29, 1.82) is 0 Å². The van der Waals surface area contributed by atoms with E-state index in [2.05, 4.69) is 41.2 Å². The van der Waals surface area contributed by atoms with Gasteiger partial charge in [-0.25, -0.2) is 19.6 Å². The number of para-hydroxylation sites is 4. The van der Waals surface area contributed by atoms with Crippen molar-refractivity contribution in [1.82, 2.24) is 60.8 Å². The molecule has 2 aromatic heterocycles. The molecule has 12 atom stereocenters. The van der Waals surface area contributed by atoms with Crippen LogP contribution in [0.3, 0.4) is 0 Å². The van der Waals surface area contributed by atoms with Crippen molar-refractivity contribution in [3.63, 3.8) is 0 Å². The Hall–Kier alpha value is -7.68. The van der Waals surface area contributed by atoms with Gasteiger partial charge in [-0.05, 0) is 68.0 Å². The minimum absolute atomic E-state index is 0.207. The summed E-state index contributed by atoms with van der Waals surface area (Å²) in [6.07, 6.45) is 3.89. The monoisotopic (exact) mass is 1170 g/mol. The van der Waals surface area contributed by atoms with Crippen LogP contribution in [0.1, 0.15) is 76.4 Å². The first-order valence-corrected chi connectivity index (χ1v) is 29.3. The molecule has 0 spiro atoms. The highest BCUT2D eigenvalue weighted by Crippen LogP contribution is 2.29. The molecule has 4 N–H and O–H groups in total. The lowest BCUT2D eigenvalue weighted by Crippen LogP contribution is -2.62. The van der Waals surface area contributed by atoms with Crippen LogP contribution in [0.2, 0.25) is 0 Å². The van der Waals surface area contributed by atoms with Crippen LogP contribution in [-0.4, -0.2) is 209 Å². The number of rotatable bonds is 9. The minimum atomic E-state index is -2.40. The molecule has 2 aromatic carbocycles. The number of likely N-dealkylation sites (N-methyl/N-ethyl adjacent to an activating group) is 4. The number of cyclic esters (lactones) is 2. The molecule has 0 aliphatic carbocycles. The summed E-state index contributed by atoms with van der Waals surface area (Å²) in [5.41, 5.74) is 1.26. The summed E-state index contributed by atoms with van der Waals surface area (Å²) < 4.78 is 25.6. The Labute approximate surface area is 482 Å². The van der Waals surface area contributed by atoms with Crippen LogP contribution in [0.15, 0.2) is 60.9 Å². The average Bonchev–Trinajstić information content (AvgIpc) is 3.68. The first-order valence-electron chi connectivity index (χ1n) is 26.6. The van der Waals surface area contributed by atoms with Crippen LogP contribution in [0, 0.1) is 23.7 Å². The summed E-state index contributed by atoms with van der Waals surface area (Å²) in [6, 6.07) is 0.559. The standard InChI is InChI=1S/C55H72N12O13S2/c1-27(2)29(5)42-53(76)79-24-40(63-46(69)38-23-57-34-19-15-17-21-36(34)61-38)48(71)59-32(8)50(73)67(12)44-52(75)66(11)43(30(6)28(3)4)54(77)80-25-39(62-45(68)37-22-56-33-18-14-16-20-35(33)60-37)47(70)58-31(7)49(72)64(9)41(51(74)65(42)10)26-82(78)55(44)81-13/h14-23,27-32,39-44,55H,24-26H2,1-13H3,(H,58,70)(H,59,71)(H,62,68)(H,63,69)/t29-,30-,31-,32-,39+,40+,41-,42-,43-,44+,55?,82?/m0/s1. The molecule has 0 radical (unpaired) electrons. The summed E-state index contributed by atoms with van der Waals surface area (Å²) in [6.45, 7) is 11.4. The SMILES string of the molecule is CSC1[C@H]2C(=O)N(C)[C@@H]([C@@H](C)C(C)C)C(=O)OC[C@@H](NC(=O)c3cnc4ccccc4n3)C(=O)N[C@@H](C)C(=O)N(C)[C@@H](CS1=O)C(=O)N(C)[C@@H]([C@@H](C)C(C)C)C(=O)OC[C@@H](NC(=O)c1cnc3ccccc3n1)C(=O)N[C@@H](C)C(=O)N2C. The predicted molar refractivity (Wildman–Crippen MR) is 303 cm³/mol. The molecule has 8 amide bonds. The van der Waals surface area contributed by atoms with Crippen LogP contribution in [-0.2, 0) is 58.6 Å². The summed E-state index contributed by atoms with van der Waals surface area (Å²) >= 11 is 0.884. The zero-order valence-corrected chi connectivity index (χ0v) is 49.7. The van der Waals surface area contributed by atoms with Gasteiger partial charge < -0.3 is 50.3 Å². The van der Waals surface area contributed by atoms with Crippen molar-refractivity contribution in [3.8, 4) is 0 Å². The predicted octanol–water partition coefficient (Wildman–Crippen LogP) is 0.923. The zero-order chi connectivity index (χ0) is 60.6. The smallest absolute Gasteiger partial charge is 0.329 e. The maximum atomic E-state index is 15.5. The van der Waals surface area contributed by atoms with Gasteiger partial charge in [0.1, 0.15) is 77.5 Å². The Morgan fingerprint density at radius 2 is 0.988 bits per heavy atom. The number of ether oxygens (including phenoxy) is 2. The Morgan fingerprint density at radius 3 is 1.39 bits per heavy atom. The van der Waals surface area contributed by atoms with Gasteiger partial charge in [-0.2, -0.15) is 0 Å². The van der Waals surface area contributed by atoms with Gasteiger partial charge in [0, 0.05) is 39.0 Å². The number of aromatic nitrogens is 4. The number of nitrogens with zero attached hydrogens (tertiary/aromatic N) is 8. The molecular formula is C55H72N12O13S2. The van der Waals surface area contributed by atoms with E-state index in [1.165, 1.54) is 60.7 Å². The molecule has 27 heteroatoms. The molecule has 2 unspecified atom stereocenters. The topological polar surface area (TPSA) is 319 Å². The van der Waals surface area contributed by atoms with E-state index < -0.39 is 154 Å². The number of hydrogen-bond donors (Lipinski definition) is 4. The van der Waals surface area contributed by atoms with E-state index in [-0.39, 0.29) is 23.2 Å². The summed E-state index contributed by atoms with van der Waals surface area (Å²) in [5, 5.41) is 10.2. The minimum Gasteiger partial charge on any atom is -0.461 e. The number of nitrogens with one attached hydrogen (secondary N) is 4. The molecule has 0 saturated carbocycles. The van der Waals surface area contributed by atoms with E-state index >= 15 is 13.8 Å². The van der Waals surface area contributed by atoms with E-state index in [0.717, 1.165) is 31.4 Å². The number of hydrogen-bond acceptors (Lipinski definition) is 18. The Bertz CT molecular complexity index is 3130. The van der Waals surface area contributed by atoms with Gasteiger partial charge in [-0.3, -0.25) is 52.5 Å². The van der Waals surface area contributed by atoms with E-state index in [1.807, 2.05) is 0 Å². The van der Waals surface area contributed by atoms with Crippen molar-refractivity contribution < 1.29 is 61.6 Å². The Balaban J connectivity index is 1.50. The summed E-state index contributed by atoms with van der Waals surface area (Å²) in [7, 11) is 2.61. The fourth-order valence-corrected chi connectivity index (χ4v) is 12.6. The third-order valence-electron chi connectivity index (χ3n) is 15.2. The van der Waals surface area contributed by atoms with Crippen molar-refractivity contribution in [2.45, 2.75) is 108 Å². The van der Waals surface area contributed by atoms with Crippen molar-refractivity contribution in [2.75, 3.05) is 53.4 Å². The molecule has 2 bridgehead atoms. The molecule has 2 aliphatic heterocycles. The van der Waals surface area contributed by atoms with Crippen LogP contribution in [0.25, 0.3) is 22.1 Å². The van der Waals surface area contributed by atoms with E-state index in [1.54, 1.807) is 90.1 Å². The van der Waals surface area contributed by atoms with E-state index in [4.69, 9.17) is 9.47 Å².